The zero-order valence-electron chi connectivity index (χ0n) is 13.2. The lowest BCUT2D eigenvalue weighted by atomic mass is 10.0. The van der Waals surface area contributed by atoms with Crippen LogP contribution in [0.25, 0.3) is 0 Å². The van der Waals surface area contributed by atoms with E-state index in [4.69, 9.17) is 5.11 Å². The van der Waals surface area contributed by atoms with Crippen LogP contribution in [0.3, 0.4) is 0 Å². The number of nitrogens with zero attached hydrogens (tertiary/aromatic N) is 1. The maximum Gasteiger partial charge on any atom is 0.317 e. The summed E-state index contributed by atoms with van der Waals surface area (Å²) < 4.78 is 0. The van der Waals surface area contributed by atoms with Crippen LogP contribution in [0.2, 0.25) is 0 Å². The Morgan fingerprint density at radius 2 is 1.75 bits per heavy atom. The van der Waals surface area contributed by atoms with E-state index in [0.29, 0.717) is 18.9 Å². The second kappa shape index (κ2) is 11.6. The van der Waals surface area contributed by atoms with Gasteiger partial charge in [-0.25, -0.2) is 4.79 Å². The molecule has 0 saturated carbocycles. The molecule has 0 aliphatic rings. The van der Waals surface area contributed by atoms with Crippen molar-refractivity contribution in [1.29, 1.82) is 0 Å². The van der Waals surface area contributed by atoms with Gasteiger partial charge in [-0.05, 0) is 25.7 Å². The maximum atomic E-state index is 12.0. The quantitative estimate of drug-likeness (QED) is 0.573. The van der Waals surface area contributed by atoms with Gasteiger partial charge in [-0.3, -0.25) is 4.79 Å². The van der Waals surface area contributed by atoms with E-state index >= 15 is 0 Å². The number of unbranched alkanes of at least 4 members (excludes halogenated alkanes) is 2. The van der Waals surface area contributed by atoms with E-state index in [2.05, 4.69) is 19.2 Å². The van der Waals surface area contributed by atoms with Gasteiger partial charge in [-0.15, -0.1) is 0 Å². The van der Waals surface area contributed by atoms with E-state index in [0.717, 1.165) is 38.8 Å². The molecule has 0 aliphatic carbocycles. The monoisotopic (exact) mass is 286 g/mol. The van der Waals surface area contributed by atoms with Gasteiger partial charge in [-0.1, -0.05) is 33.1 Å². The van der Waals surface area contributed by atoms with Crippen molar-refractivity contribution in [2.75, 3.05) is 19.6 Å². The summed E-state index contributed by atoms with van der Waals surface area (Å²) in [5, 5.41) is 11.4. The Hall–Kier alpha value is -1.26. The molecule has 0 radical (unpaired) electrons. The Bertz CT molecular complexity index is 278. The Morgan fingerprint density at radius 3 is 2.25 bits per heavy atom. The first kappa shape index (κ1) is 18.7. The molecule has 0 rings (SSSR count). The molecule has 0 aromatic heterocycles. The molecule has 118 valence electrons. The van der Waals surface area contributed by atoms with Crippen molar-refractivity contribution in [3.8, 4) is 0 Å². The molecule has 0 saturated heterocycles. The number of carboxylic acid groups (broad SMARTS) is 1. The van der Waals surface area contributed by atoms with Gasteiger partial charge < -0.3 is 15.3 Å². The molecular formula is C15H30N2O3. The van der Waals surface area contributed by atoms with E-state index < -0.39 is 5.97 Å². The second-order valence-electron chi connectivity index (χ2n) is 5.16. The predicted molar refractivity (Wildman–Crippen MR) is 80.8 cm³/mol. The Morgan fingerprint density at radius 1 is 1.10 bits per heavy atom. The first-order valence-electron chi connectivity index (χ1n) is 7.79. The average Bonchev–Trinajstić information content (AvgIpc) is 2.43. The number of carboxylic acids is 1. The molecule has 2 amide bonds. The molecule has 0 aromatic rings. The minimum absolute atomic E-state index is 0.00219. The zero-order valence-corrected chi connectivity index (χ0v) is 13.2. The van der Waals surface area contributed by atoms with Crippen LogP contribution in [-0.2, 0) is 4.79 Å². The third-order valence-corrected chi connectivity index (χ3v) is 3.65. The third kappa shape index (κ3) is 8.77. The summed E-state index contributed by atoms with van der Waals surface area (Å²) in [7, 11) is 0. The minimum Gasteiger partial charge on any atom is -0.481 e. The summed E-state index contributed by atoms with van der Waals surface area (Å²) in [6.45, 7) is 8.47. The van der Waals surface area contributed by atoms with Crippen LogP contribution in [0.1, 0.15) is 59.3 Å². The van der Waals surface area contributed by atoms with E-state index in [9.17, 15) is 9.59 Å². The van der Waals surface area contributed by atoms with Gasteiger partial charge in [0.05, 0.1) is 0 Å². The SMILES string of the molecule is CCC(CC)CN(CC)C(=O)NCCCCCC(=O)O. The summed E-state index contributed by atoms with van der Waals surface area (Å²) in [6, 6.07) is -0.00219. The number of amides is 2. The lowest BCUT2D eigenvalue weighted by Crippen LogP contribution is -2.42. The predicted octanol–water partition coefficient (Wildman–Crippen LogP) is 3.10. The molecule has 5 heteroatoms. The highest BCUT2D eigenvalue weighted by Crippen LogP contribution is 2.10. The maximum absolute atomic E-state index is 12.0. The lowest BCUT2D eigenvalue weighted by molar-refractivity contribution is -0.137. The van der Waals surface area contributed by atoms with Crippen LogP contribution in [0, 0.1) is 5.92 Å². The van der Waals surface area contributed by atoms with Crippen LogP contribution in [-0.4, -0.2) is 41.6 Å². The molecule has 0 unspecified atom stereocenters. The summed E-state index contributed by atoms with van der Waals surface area (Å²) in [4.78, 5) is 24.2. The lowest BCUT2D eigenvalue weighted by Gasteiger charge is -2.25. The van der Waals surface area contributed by atoms with E-state index in [1.165, 1.54) is 0 Å². The number of hydrogen-bond acceptors (Lipinski definition) is 2. The number of rotatable bonds is 11. The number of hydrogen-bond donors (Lipinski definition) is 2. The normalized spacial score (nSPS) is 10.6. The highest BCUT2D eigenvalue weighted by Gasteiger charge is 2.14. The summed E-state index contributed by atoms with van der Waals surface area (Å²) in [6.07, 6.45) is 4.75. The Labute approximate surface area is 122 Å². The van der Waals surface area contributed by atoms with E-state index in [1.807, 2.05) is 11.8 Å². The van der Waals surface area contributed by atoms with Crippen molar-refractivity contribution in [3.05, 3.63) is 0 Å². The van der Waals surface area contributed by atoms with Crippen LogP contribution < -0.4 is 5.32 Å². The number of carbonyl (C=O) groups excluding carboxylic acids is 1. The largest absolute Gasteiger partial charge is 0.481 e. The molecule has 5 nitrogen and oxygen atoms in total. The minimum atomic E-state index is -0.753. The summed E-state index contributed by atoms with van der Waals surface area (Å²) in [5.74, 6) is -0.187. The van der Waals surface area contributed by atoms with Crippen molar-refractivity contribution < 1.29 is 14.7 Å². The fourth-order valence-corrected chi connectivity index (χ4v) is 2.10. The van der Waals surface area contributed by atoms with Gasteiger partial charge in [0.2, 0.25) is 0 Å². The molecule has 20 heavy (non-hydrogen) atoms. The molecule has 0 heterocycles. The molecule has 0 aliphatic heterocycles. The number of carbonyl (C=O) groups is 2. The molecule has 0 bridgehead atoms. The smallest absolute Gasteiger partial charge is 0.317 e. The fraction of sp³-hybridized carbons (Fsp3) is 0.867. The number of aliphatic carboxylic acids is 1. The molecule has 0 spiro atoms. The van der Waals surface area contributed by atoms with Gasteiger partial charge in [0, 0.05) is 26.1 Å². The second-order valence-corrected chi connectivity index (χ2v) is 5.16. The summed E-state index contributed by atoms with van der Waals surface area (Å²) in [5.41, 5.74) is 0. The first-order valence-corrected chi connectivity index (χ1v) is 7.79. The van der Waals surface area contributed by atoms with E-state index in [1.54, 1.807) is 0 Å². The highest BCUT2D eigenvalue weighted by molar-refractivity contribution is 5.74. The van der Waals surface area contributed by atoms with Crippen molar-refractivity contribution in [2.45, 2.75) is 59.3 Å². The van der Waals surface area contributed by atoms with Crippen molar-refractivity contribution in [2.24, 2.45) is 5.92 Å². The number of nitrogens with one attached hydrogen (secondary N) is 1. The van der Waals surface area contributed by atoms with Gasteiger partial charge in [0.1, 0.15) is 0 Å². The zero-order chi connectivity index (χ0) is 15.4. The topological polar surface area (TPSA) is 69.6 Å². The first-order chi connectivity index (χ1) is 9.54. The van der Waals surface area contributed by atoms with Crippen molar-refractivity contribution >= 4 is 12.0 Å². The third-order valence-electron chi connectivity index (χ3n) is 3.65. The van der Waals surface area contributed by atoms with Crippen molar-refractivity contribution in [1.82, 2.24) is 10.2 Å². The number of urea groups is 1. The standard InChI is InChI=1S/C15H30N2O3/c1-4-13(5-2)12-17(6-3)15(20)16-11-9-7-8-10-14(18)19/h13H,4-12H2,1-3H3,(H,16,20)(H,18,19). The van der Waals surface area contributed by atoms with Gasteiger partial charge in [-0.2, -0.15) is 0 Å². The molecular weight excluding hydrogens is 256 g/mol. The average molecular weight is 286 g/mol. The van der Waals surface area contributed by atoms with Gasteiger partial charge in [0.15, 0.2) is 0 Å². The fourth-order valence-electron chi connectivity index (χ4n) is 2.10. The molecule has 0 atom stereocenters. The highest BCUT2D eigenvalue weighted by atomic mass is 16.4. The van der Waals surface area contributed by atoms with Crippen LogP contribution in [0.15, 0.2) is 0 Å². The van der Waals surface area contributed by atoms with Crippen LogP contribution >= 0.6 is 0 Å². The van der Waals surface area contributed by atoms with Gasteiger partial charge in [0.25, 0.3) is 0 Å². The Balaban J connectivity index is 3.83. The molecule has 2 N–H and O–H groups in total. The molecule has 0 aromatic carbocycles. The summed E-state index contributed by atoms with van der Waals surface area (Å²) >= 11 is 0. The van der Waals surface area contributed by atoms with Gasteiger partial charge >= 0.3 is 12.0 Å². The van der Waals surface area contributed by atoms with Crippen molar-refractivity contribution in [3.63, 3.8) is 0 Å². The van der Waals surface area contributed by atoms with Crippen LogP contribution in [0.4, 0.5) is 4.79 Å². The van der Waals surface area contributed by atoms with Crippen LogP contribution in [0.5, 0.6) is 0 Å². The Kier molecular flexibility index (Phi) is 10.8. The molecule has 0 fully saturated rings. The van der Waals surface area contributed by atoms with E-state index in [-0.39, 0.29) is 12.5 Å².